The van der Waals surface area contributed by atoms with Crippen molar-refractivity contribution in [1.82, 2.24) is 5.32 Å². The highest BCUT2D eigenvalue weighted by atomic mass is 16.5. The smallest absolute Gasteiger partial charge is 0.164 e. The molecule has 0 radical (unpaired) electrons. The summed E-state index contributed by atoms with van der Waals surface area (Å²) in [7, 11) is 4.98. The van der Waals surface area contributed by atoms with Gasteiger partial charge in [0.05, 0.1) is 21.3 Å². The molecule has 2 aliphatic rings. The molecule has 0 saturated heterocycles. The fourth-order valence-electron chi connectivity index (χ4n) is 3.75. The summed E-state index contributed by atoms with van der Waals surface area (Å²) in [5.41, 5.74) is 1.10. The zero-order valence-corrected chi connectivity index (χ0v) is 13.6. The highest BCUT2D eigenvalue weighted by Crippen LogP contribution is 2.43. The van der Waals surface area contributed by atoms with Gasteiger partial charge in [0.2, 0.25) is 0 Å². The van der Waals surface area contributed by atoms with Crippen molar-refractivity contribution in [2.45, 2.75) is 19.4 Å². The van der Waals surface area contributed by atoms with Crippen LogP contribution in [0.4, 0.5) is 0 Å². The summed E-state index contributed by atoms with van der Waals surface area (Å²) in [5, 5.41) is 3.58. The Bertz CT molecular complexity index is 556. The van der Waals surface area contributed by atoms with Crippen molar-refractivity contribution < 1.29 is 14.2 Å². The summed E-state index contributed by atoms with van der Waals surface area (Å²) in [6.07, 6.45) is 7.47. The van der Waals surface area contributed by atoms with Gasteiger partial charge in [-0.15, -0.1) is 0 Å². The van der Waals surface area contributed by atoms with E-state index in [2.05, 4.69) is 17.5 Å². The first-order valence-electron chi connectivity index (χ1n) is 7.93. The van der Waals surface area contributed by atoms with Crippen LogP contribution in [0.5, 0.6) is 17.2 Å². The molecule has 0 heterocycles. The highest BCUT2D eigenvalue weighted by molar-refractivity contribution is 5.50. The van der Waals surface area contributed by atoms with Crippen LogP contribution in [0.25, 0.3) is 0 Å². The molecule has 1 N–H and O–H groups in total. The summed E-state index contributed by atoms with van der Waals surface area (Å²) in [5.74, 6) is 4.65. The molecule has 0 aliphatic heterocycles. The van der Waals surface area contributed by atoms with E-state index in [-0.39, 0.29) is 0 Å². The standard InChI is InChI=1S/C18H25NO3/c1-20-16-9-18(22-3)17(21-2)8-15(16)11-19-10-14-7-12-4-5-13(14)6-12/h4-5,8-9,12-14,19H,6-7,10-11H2,1-3H3. The molecule has 0 spiro atoms. The van der Waals surface area contributed by atoms with E-state index < -0.39 is 0 Å². The zero-order valence-electron chi connectivity index (χ0n) is 13.6. The second kappa shape index (κ2) is 6.61. The van der Waals surface area contributed by atoms with Crippen LogP contribution in [0.1, 0.15) is 18.4 Å². The predicted molar refractivity (Wildman–Crippen MR) is 86.6 cm³/mol. The third kappa shape index (κ3) is 2.93. The minimum Gasteiger partial charge on any atom is -0.496 e. The van der Waals surface area contributed by atoms with Gasteiger partial charge in [0, 0.05) is 18.2 Å². The monoisotopic (exact) mass is 303 g/mol. The van der Waals surface area contributed by atoms with Gasteiger partial charge < -0.3 is 19.5 Å². The second-order valence-corrected chi connectivity index (χ2v) is 6.19. The maximum Gasteiger partial charge on any atom is 0.164 e. The van der Waals surface area contributed by atoms with Gasteiger partial charge >= 0.3 is 0 Å². The van der Waals surface area contributed by atoms with Gasteiger partial charge in [-0.3, -0.25) is 0 Å². The van der Waals surface area contributed by atoms with Crippen molar-refractivity contribution >= 4 is 0 Å². The van der Waals surface area contributed by atoms with Gasteiger partial charge in [-0.05, 0) is 43.2 Å². The van der Waals surface area contributed by atoms with Crippen molar-refractivity contribution in [3.63, 3.8) is 0 Å². The van der Waals surface area contributed by atoms with Gasteiger partial charge in [-0.2, -0.15) is 0 Å². The van der Waals surface area contributed by atoms with Gasteiger partial charge in [0.25, 0.3) is 0 Å². The van der Waals surface area contributed by atoms with Gasteiger partial charge in [0.15, 0.2) is 11.5 Å². The summed E-state index contributed by atoms with van der Waals surface area (Å²) >= 11 is 0. The molecule has 0 aromatic heterocycles. The Morgan fingerprint density at radius 1 is 0.955 bits per heavy atom. The third-order valence-electron chi connectivity index (χ3n) is 4.92. The second-order valence-electron chi connectivity index (χ2n) is 6.19. The molecule has 120 valence electrons. The van der Waals surface area contributed by atoms with E-state index in [0.29, 0.717) is 5.75 Å². The lowest BCUT2D eigenvalue weighted by Crippen LogP contribution is -2.25. The molecule has 0 amide bonds. The molecule has 3 unspecified atom stereocenters. The number of fused-ring (bicyclic) bond motifs is 2. The van der Waals surface area contributed by atoms with Crippen LogP contribution in [0, 0.1) is 17.8 Å². The molecular formula is C18H25NO3. The fraction of sp³-hybridized carbons (Fsp3) is 0.556. The first kappa shape index (κ1) is 15.2. The normalized spacial score (nSPS) is 25.5. The first-order valence-corrected chi connectivity index (χ1v) is 7.93. The van der Waals surface area contributed by atoms with Crippen molar-refractivity contribution in [3.05, 3.63) is 29.8 Å². The molecule has 3 atom stereocenters. The van der Waals surface area contributed by atoms with Crippen LogP contribution in [-0.4, -0.2) is 27.9 Å². The van der Waals surface area contributed by atoms with E-state index in [0.717, 1.165) is 47.9 Å². The largest absolute Gasteiger partial charge is 0.496 e. The van der Waals surface area contributed by atoms with Crippen molar-refractivity contribution in [2.75, 3.05) is 27.9 Å². The number of hydrogen-bond donors (Lipinski definition) is 1. The van der Waals surface area contributed by atoms with Crippen molar-refractivity contribution in [1.29, 1.82) is 0 Å². The Hall–Kier alpha value is -1.68. The van der Waals surface area contributed by atoms with Crippen LogP contribution < -0.4 is 19.5 Å². The van der Waals surface area contributed by atoms with Gasteiger partial charge in [0.1, 0.15) is 5.75 Å². The van der Waals surface area contributed by atoms with Crippen LogP contribution >= 0.6 is 0 Å². The predicted octanol–water partition coefficient (Wildman–Crippen LogP) is 3.01. The molecular weight excluding hydrogens is 278 g/mol. The molecule has 2 bridgehead atoms. The molecule has 1 saturated carbocycles. The Balaban J connectivity index is 1.62. The number of hydrogen-bond acceptors (Lipinski definition) is 4. The topological polar surface area (TPSA) is 39.7 Å². The molecule has 1 aromatic carbocycles. The third-order valence-corrected chi connectivity index (χ3v) is 4.92. The van der Waals surface area contributed by atoms with E-state index in [9.17, 15) is 0 Å². The number of allylic oxidation sites excluding steroid dienone is 2. The van der Waals surface area contributed by atoms with Gasteiger partial charge in [-0.1, -0.05) is 12.2 Å². The molecule has 2 aliphatic carbocycles. The number of rotatable bonds is 7. The maximum atomic E-state index is 5.47. The lowest BCUT2D eigenvalue weighted by Gasteiger charge is -2.19. The molecule has 4 heteroatoms. The average Bonchev–Trinajstić information content (AvgIpc) is 3.17. The Morgan fingerprint density at radius 3 is 2.27 bits per heavy atom. The van der Waals surface area contributed by atoms with Crippen LogP contribution in [0.15, 0.2) is 24.3 Å². The lowest BCUT2D eigenvalue weighted by molar-refractivity contribution is 0.346. The van der Waals surface area contributed by atoms with E-state index >= 15 is 0 Å². The summed E-state index contributed by atoms with van der Waals surface area (Å²) in [6.45, 7) is 1.84. The Kier molecular flexibility index (Phi) is 4.57. The average molecular weight is 303 g/mol. The quantitative estimate of drug-likeness (QED) is 0.786. The van der Waals surface area contributed by atoms with Crippen molar-refractivity contribution in [2.24, 2.45) is 17.8 Å². The minimum atomic E-state index is 0.696. The SMILES string of the molecule is COc1cc(OC)c(OC)cc1CNCC1CC2C=CC1C2. The summed E-state index contributed by atoms with van der Waals surface area (Å²) in [4.78, 5) is 0. The van der Waals surface area contributed by atoms with Crippen molar-refractivity contribution in [3.8, 4) is 17.2 Å². The number of methoxy groups -OCH3 is 3. The lowest BCUT2D eigenvalue weighted by atomic mass is 9.93. The summed E-state index contributed by atoms with van der Waals surface area (Å²) in [6, 6.07) is 3.88. The van der Waals surface area contributed by atoms with Gasteiger partial charge in [-0.25, -0.2) is 0 Å². The summed E-state index contributed by atoms with van der Waals surface area (Å²) < 4.78 is 16.2. The molecule has 1 aromatic rings. The molecule has 22 heavy (non-hydrogen) atoms. The zero-order chi connectivity index (χ0) is 15.5. The van der Waals surface area contributed by atoms with E-state index in [1.165, 1.54) is 12.8 Å². The Morgan fingerprint density at radius 2 is 1.68 bits per heavy atom. The number of benzene rings is 1. The highest BCUT2D eigenvalue weighted by Gasteiger charge is 2.34. The maximum absolute atomic E-state index is 5.47. The van der Waals surface area contributed by atoms with Crippen LogP contribution in [0.2, 0.25) is 0 Å². The first-order chi connectivity index (χ1) is 10.7. The molecule has 4 nitrogen and oxygen atoms in total. The van der Waals surface area contributed by atoms with E-state index in [1.54, 1.807) is 21.3 Å². The van der Waals surface area contributed by atoms with E-state index in [4.69, 9.17) is 14.2 Å². The molecule has 1 fully saturated rings. The van der Waals surface area contributed by atoms with Crippen LogP contribution in [-0.2, 0) is 6.54 Å². The number of nitrogens with one attached hydrogen (secondary N) is 1. The molecule has 3 rings (SSSR count). The minimum absolute atomic E-state index is 0.696. The fourth-order valence-corrected chi connectivity index (χ4v) is 3.75. The number of ether oxygens (including phenoxy) is 3. The Labute approximate surface area is 132 Å². The van der Waals surface area contributed by atoms with Crippen LogP contribution in [0.3, 0.4) is 0 Å². The van der Waals surface area contributed by atoms with E-state index in [1.807, 2.05) is 12.1 Å².